The highest BCUT2D eigenvalue weighted by Crippen LogP contribution is 2.35. The van der Waals surface area contributed by atoms with E-state index in [1.54, 1.807) is 0 Å². The third-order valence-corrected chi connectivity index (χ3v) is 4.87. The number of benzene rings is 2. The van der Waals surface area contributed by atoms with Gasteiger partial charge in [-0.25, -0.2) is 0 Å². The van der Waals surface area contributed by atoms with Gasteiger partial charge in [-0.2, -0.15) is 0 Å². The van der Waals surface area contributed by atoms with Crippen LogP contribution in [0.4, 0.5) is 0 Å². The van der Waals surface area contributed by atoms with Gasteiger partial charge < -0.3 is 9.88 Å². The maximum atomic E-state index is 3.68. The zero-order valence-corrected chi connectivity index (χ0v) is 12.8. The third-order valence-electron chi connectivity index (χ3n) is 4.87. The molecule has 1 aliphatic rings. The van der Waals surface area contributed by atoms with Crippen LogP contribution in [0.25, 0.3) is 21.8 Å². The second-order valence-corrected chi connectivity index (χ2v) is 6.53. The molecule has 21 heavy (non-hydrogen) atoms. The number of nitrogens with zero attached hydrogens (tertiary/aromatic N) is 1. The second-order valence-electron chi connectivity index (χ2n) is 6.53. The van der Waals surface area contributed by atoms with Crippen molar-refractivity contribution in [3.63, 3.8) is 0 Å². The van der Waals surface area contributed by atoms with E-state index in [9.17, 15) is 0 Å². The summed E-state index contributed by atoms with van der Waals surface area (Å²) in [6.45, 7) is 6.52. The lowest BCUT2D eigenvalue weighted by Crippen LogP contribution is -2.26. The smallest absolute Gasteiger partial charge is 0.0491 e. The molecule has 0 amide bonds. The maximum Gasteiger partial charge on any atom is 0.0491 e. The summed E-state index contributed by atoms with van der Waals surface area (Å²) in [7, 11) is 0. The first-order valence-corrected chi connectivity index (χ1v) is 7.95. The highest BCUT2D eigenvalue weighted by Gasteiger charge is 2.36. The Bertz CT molecular complexity index is 809. The van der Waals surface area contributed by atoms with Gasteiger partial charge in [-0.05, 0) is 50.5 Å². The van der Waals surface area contributed by atoms with Gasteiger partial charge in [-0.15, -0.1) is 0 Å². The van der Waals surface area contributed by atoms with Gasteiger partial charge >= 0.3 is 0 Å². The van der Waals surface area contributed by atoms with Crippen LogP contribution in [0.1, 0.15) is 32.3 Å². The number of para-hydroxylation sites is 1. The molecule has 0 spiro atoms. The predicted octanol–water partition coefficient (Wildman–Crippen LogP) is 4.46. The first kappa shape index (κ1) is 12.9. The SMILES string of the molecule is CCn1c2ccccc2c2cc(CNC3(C)CC3)ccc21. The summed E-state index contributed by atoms with van der Waals surface area (Å²) in [5, 5.41) is 6.43. The lowest BCUT2D eigenvalue weighted by Gasteiger charge is -2.11. The van der Waals surface area contributed by atoms with Gasteiger partial charge in [-0.1, -0.05) is 24.3 Å². The van der Waals surface area contributed by atoms with Gasteiger partial charge in [0.25, 0.3) is 0 Å². The lowest BCUT2D eigenvalue weighted by atomic mass is 10.1. The van der Waals surface area contributed by atoms with Crippen molar-refractivity contribution >= 4 is 21.8 Å². The van der Waals surface area contributed by atoms with Crippen LogP contribution < -0.4 is 5.32 Å². The van der Waals surface area contributed by atoms with Crippen LogP contribution in [0.15, 0.2) is 42.5 Å². The Morgan fingerprint density at radius 2 is 1.81 bits per heavy atom. The Hall–Kier alpha value is -1.80. The molecule has 2 aromatic carbocycles. The monoisotopic (exact) mass is 278 g/mol. The van der Waals surface area contributed by atoms with E-state index in [0.717, 1.165) is 13.1 Å². The summed E-state index contributed by atoms with van der Waals surface area (Å²) in [4.78, 5) is 0. The summed E-state index contributed by atoms with van der Waals surface area (Å²) in [6.07, 6.45) is 2.62. The Morgan fingerprint density at radius 3 is 2.57 bits per heavy atom. The Kier molecular flexibility index (Phi) is 2.83. The average Bonchev–Trinajstić information content (AvgIpc) is 3.17. The van der Waals surface area contributed by atoms with Crippen LogP contribution in [-0.4, -0.2) is 10.1 Å². The molecule has 1 N–H and O–H groups in total. The van der Waals surface area contributed by atoms with Crippen LogP contribution in [0.3, 0.4) is 0 Å². The first-order chi connectivity index (χ1) is 10.2. The lowest BCUT2D eigenvalue weighted by molar-refractivity contribution is 0.538. The van der Waals surface area contributed by atoms with Crippen LogP contribution >= 0.6 is 0 Å². The standard InChI is InChI=1S/C19H22N2/c1-3-21-17-7-5-4-6-15(17)16-12-14(8-9-18(16)21)13-20-19(2)10-11-19/h4-9,12,20H,3,10-11,13H2,1-2H3. The van der Waals surface area contributed by atoms with Crippen molar-refractivity contribution in [1.29, 1.82) is 0 Å². The van der Waals surface area contributed by atoms with Crippen molar-refractivity contribution in [1.82, 2.24) is 9.88 Å². The molecule has 1 fully saturated rings. The first-order valence-electron chi connectivity index (χ1n) is 7.95. The number of rotatable bonds is 4. The predicted molar refractivity (Wildman–Crippen MR) is 89.6 cm³/mol. The molecule has 0 bridgehead atoms. The van der Waals surface area contributed by atoms with Gasteiger partial charge in [0.1, 0.15) is 0 Å². The summed E-state index contributed by atoms with van der Waals surface area (Å²) < 4.78 is 2.41. The number of aromatic nitrogens is 1. The molecule has 0 atom stereocenters. The van der Waals surface area contributed by atoms with E-state index in [1.807, 2.05) is 0 Å². The molecule has 0 unspecified atom stereocenters. The molecule has 1 heterocycles. The number of fused-ring (bicyclic) bond motifs is 3. The van der Waals surface area contributed by atoms with Crippen LogP contribution in [0.2, 0.25) is 0 Å². The van der Waals surface area contributed by atoms with E-state index in [0.29, 0.717) is 5.54 Å². The van der Waals surface area contributed by atoms with Gasteiger partial charge in [0.15, 0.2) is 0 Å². The molecule has 1 saturated carbocycles. The molecule has 0 saturated heterocycles. The van der Waals surface area contributed by atoms with Crippen molar-refractivity contribution in [3.05, 3.63) is 48.0 Å². The van der Waals surface area contributed by atoms with E-state index in [-0.39, 0.29) is 0 Å². The molecule has 1 aliphatic carbocycles. The molecule has 108 valence electrons. The summed E-state index contributed by atoms with van der Waals surface area (Å²) in [5.74, 6) is 0. The summed E-state index contributed by atoms with van der Waals surface area (Å²) in [6, 6.07) is 15.6. The van der Waals surface area contributed by atoms with E-state index >= 15 is 0 Å². The molecule has 4 rings (SSSR count). The fourth-order valence-electron chi connectivity index (χ4n) is 3.23. The molecule has 1 aromatic heterocycles. The van der Waals surface area contributed by atoms with Gasteiger partial charge in [0, 0.05) is 40.4 Å². The zero-order valence-electron chi connectivity index (χ0n) is 12.8. The molecule has 2 heteroatoms. The second kappa shape index (κ2) is 4.60. The van der Waals surface area contributed by atoms with Crippen LogP contribution in [0, 0.1) is 0 Å². The average molecular weight is 278 g/mol. The summed E-state index contributed by atoms with van der Waals surface area (Å²) in [5.41, 5.74) is 4.47. The summed E-state index contributed by atoms with van der Waals surface area (Å²) >= 11 is 0. The van der Waals surface area contributed by atoms with Gasteiger partial charge in [-0.3, -0.25) is 0 Å². The fraction of sp³-hybridized carbons (Fsp3) is 0.368. The molecule has 3 aromatic rings. The molecular weight excluding hydrogens is 256 g/mol. The fourth-order valence-corrected chi connectivity index (χ4v) is 3.23. The largest absolute Gasteiger partial charge is 0.341 e. The Labute approximate surface area is 125 Å². The maximum absolute atomic E-state index is 3.68. The van der Waals surface area contributed by atoms with Crippen molar-refractivity contribution in [3.8, 4) is 0 Å². The Morgan fingerprint density at radius 1 is 1.05 bits per heavy atom. The highest BCUT2D eigenvalue weighted by atomic mass is 15.0. The van der Waals surface area contributed by atoms with Crippen molar-refractivity contribution in [2.24, 2.45) is 0 Å². The molecule has 0 radical (unpaired) electrons. The van der Waals surface area contributed by atoms with E-state index in [4.69, 9.17) is 0 Å². The minimum Gasteiger partial charge on any atom is -0.341 e. The molecular formula is C19H22N2. The van der Waals surface area contributed by atoms with Crippen LogP contribution in [0.5, 0.6) is 0 Å². The minimum absolute atomic E-state index is 0.395. The number of hydrogen-bond donors (Lipinski definition) is 1. The molecule has 0 aliphatic heterocycles. The number of hydrogen-bond acceptors (Lipinski definition) is 1. The van der Waals surface area contributed by atoms with Crippen molar-refractivity contribution in [2.45, 2.75) is 45.3 Å². The normalized spacial score (nSPS) is 16.7. The molecule has 2 nitrogen and oxygen atoms in total. The number of aryl methyl sites for hydroxylation is 1. The minimum atomic E-state index is 0.395. The topological polar surface area (TPSA) is 17.0 Å². The van der Waals surface area contributed by atoms with E-state index < -0.39 is 0 Å². The van der Waals surface area contributed by atoms with E-state index in [1.165, 1.54) is 40.2 Å². The quantitative estimate of drug-likeness (QED) is 0.745. The number of nitrogens with one attached hydrogen (secondary N) is 1. The Balaban J connectivity index is 1.81. The van der Waals surface area contributed by atoms with Crippen LogP contribution in [-0.2, 0) is 13.1 Å². The van der Waals surface area contributed by atoms with Crippen molar-refractivity contribution < 1.29 is 0 Å². The van der Waals surface area contributed by atoms with E-state index in [2.05, 4.69) is 66.2 Å². The third kappa shape index (κ3) is 2.14. The van der Waals surface area contributed by atoms with Gasteiger partial charge in [0.05, 0.1) is 0 Å². The van der Waals surface area contributed by atoms with Crippen molar-refractivity contribution in [2.75, 3.05) is 0 Å². The zero-order chi connectivity index (χ0) is 14.4. The van der Waals surface area contributed by atoms with Gasteiger partial charge in [0.2, 0.25) is 0 Å². The highest BCUT2D eigenvalue weighted by molar-refractivity contribution is 6.08.